The molecule has 0 saturated carbocycles. The maximum Gasteiger partial charge on any atom is 0.0651 e. The van der Waals surface area contributed by atoms with Gasteiger partial charge in [-0.2, -0.15) is 0 Å². The Labute approximate surface area is 89.1 Å². The van der Waals surface area contributed by atoms with Gasteiger partial charge >= 0.3 is 0 Å². The molecule has 0 aromatic heterocycles. The van der Waals surface area contributed by atoms with E-state index in [9.17, 15) is 5.11 Å². The van der Waals surface area contributed by atoms with Crippen LogP contribution in [0.15, 0.2) is 18.2 Å². The van der Waals surface area contributed by atoms with E-state index < -0.39 is 0 Å². The highest BCUT2D eigenvalue weighted by molar-refractivity contribution is 5.57. The van der Waals surface area contributed by atoms with Crippen molar-refractivity contribution in [3.63, 3.8) is 0 Å². The Morgan fingerprint density at radius 2 is 2.27 bits per heavy atom. The summed E-state index contributed by atoms with van der Waals surface area (Å²) in [5.74, 6) is 0. The number of hydrogen-bond acceptors (Lipinski definition) is 3. The third kappa shape index (κ3) is 1.27. The van der Waals surface area contributed by atoms with Gasteiger partial charge in [-0.15, -0.1) is 0 Å². The summed E-state index contributed by atoms with van der Waals surface area (Å²) in [7, 11) is 0. The Morgan fingerprint density at radius 1 is 1.40 bits per heavy atom. The van der Waals surface area contributed by atoms with Crippen LogP contribution in [0, 0.1) is 0 Å². The fourth-order valence-corrected chi connectivity index (χ4v) is 2.33. The van der Waals surface area contributed by atoms with Crippen molar-refractivity contribution < 1.29 is 9.84 Å². The normalized spacial score (nSPS) is 21.7. The van der Waals surface area contributed by atoms with Crippen LogP contribution in [0.5, 0.6) is 0 Å². The Morgan fingerprint density at radius 3 is 2.93 bits per heavy atom. The molecule has 0 spiro atoms. The Balaban J connectivity index is 1.98. The highest BCUT2D eigenvalue weighted by Crippen LogP contribution is 2.35. The van der Waals surface area contributed by atoms with Crippen LogP contribution in [0.1, 0.15) is 11.1 Å². The van der Waals surface area contributed by atoms with Gasteiger partial charge in [-0.25, -0.2) is 0 Å². The van der Waals surface area contributed by atoms with E-state index in [0.717, 1.165) is 13.0 Å². The second-order valence-corrected chi connectivity index (χ2v) is 4.48. The Bertz CT molecular complexity index is 380. The first-order chi connectivity index (χ1) is 7.34. The summed E-state index contributed by atoms with van der Waals surface area (Å²) in [4.78, 5) is 0. The molecule has 2 aliphatic heterocycles. The van der Waals surface area contributed by atoms with Crippen molar-refractivity contribution in [2.75, 3.05) is 31.7 Å². The molecule has 1 saturated heterocycles. The number of ether oxygens (including phenoxy) is 1. The van der Waals surface area contributed by atoms with Gasteiger partial charge in [-0.3, -0.25) is 0 Å². The lowest BCUT2D eigenvalue weighted by molar-refractivity contribution is -0.0841. The van der Waals surface area contributed by atoms with Crippen molar-refractivity contribution in [3.8, 4) is 0 Å². The maximum atomic E-state index is 9.44. The third-order valence-corrected chi connectivity index (χ3v) is 3.49. The van der Waals surface area contributed by atoms with Gasteiger partial charge in [-0.05, 0) is 23.6 Å². The lowest BCUT2D eigenvalue weighted by Gasteiger charge is -2.40. The number of fused-ring (bicyclic) bond motifs is 1. The topological polar surface area (TPSA) is 41.5 Å². The number of benzene rings is 1. The number of hydrogen-bond donors (Lipinski definition) is 2. The average Bonchev–Trinajstić information content (AvgIpc) is 2.64. The highest BCUT2D eigenvalue weighted by atomic mass is 16.5. The van der Waals surface area contributed by atoms with E-state index in [2.05, 4.69) is 23.5 Å². The summed E-state index contributed by atoms with van der Waals surface area (Å²) < 4.78 is 5.23. The first-order valence-electron chi connectivity index (χ1n) is 5.40. The standard InChI is InChI=1S/C12H15NO2/c14-6-12(7-15-8-12)10-1-2-11-9(5-10)3-4-13-11/h1-2,5,13-14H,3-4,6-8H2. The van der Waals surface area contributed by atoms with Gasteiger partial charge < -0.3 is 15.2 Å². The van der Waals surface area contributed by atoms with Crippen LogP contribution >= 0.6 is 0 Å². The molecule has 1 aromatic rings. The van der Waals surface area contributed by atoms with E-state index in [1.54, 1.807) is 0 Å². The van der Waals surface area contributed by atoms with Crippen molar-refractivity contribution in [3.05, 3.63) is 29.3 Å². The molecule has 1 aromatic carbocycles. The lowest BCUT2D eigenvalue weighted by Crippen LogP contribution is -2.49. The van der Waals surface area contributed by atoms with Crippen LogP contribution in [0.3, 0.4) is 0 Å². The Hall–Kier alpha value is -1.06. The molecule has 15 heavy (non-hydrogen) atoms. The zero-order chi connectivity index (χ0) is 10.3. The van der Waals surface area contributed by atoms with E-state index in [1.165, 1.54) is 16.8 Å². The molecule has 0 amide bonds. The maximum absolute atomic E-state index is 9.44. The molecule has 3 rings (SSSR count). The minimum Gasteiger partial charge on any atom is -0.395 e. The molecule has 2 aliphatic rings. The lowest BCUT2D eigenvalue weighted by atomic mass is 9.79. The van der Waals surface area contributed by atoms with Crippen LogP contribution in [-0.2, 0) is 16.6 Å². The van der Waals surface area contributed by atoms with Crippen molar-refractivity contribution in [2.45, 2.75) is 11.8 Å². The summed E-state index contributed by atoms with van der Waals surface area (Å²) >= 11 is 0. The summed E-state index contributed by atoms with van der Waals surface area (Å²) in [6.07, 6.45) is 1.09. The monoisotopic (exact) mass is 205 g/mol. The van der Waals surface area contributed by atoms with Crippen molar-refractivity contribution in [1.29, 1.82) is 0 Å². The van der Waals surface area contributed by atoms with E-state index in [4.69, 9.17) is 4.74 Å². The predicted octanol–water partition coefficient (Wildman–Crippen LogP) is 0.915. The molecule has 0 aliphatic carbocycles. The van der Waals surface area contributed by atoms with Crippen LogP contribution in [-0.4, -0.2) is 31.5 Å². The van der Waals surface area contributed by atoms with Gasteiger partial charge in [0, 0.05) is 12.2 Å². The summed E-state index contributed by atoms with van der Waals surface area (Å²) in [5, 5.41) is 12.8. The number of aliphatic hydroxyl groups excluding tert-OH is 1. The van der Waals surface area contributed by atoms with Gasteiger partial charge in [-0.1, -0.05) is 12.1 Å². The van der Waals surface area contributed by atoms with Crippen molar-refractivity contribution in [1.82, 2.24) is 0 Å². The van der Waals surface area contributed by atoms with Gasteiger partial charge in [0.2, 0.25) is 0 Å². The number of rotatable bonds is 2. The first kappa shape index (κ1) is 9.19. The van der Waals surface area contributed by atoms with Crippen LogP contribution in [0.25, 0.3) is 0 Å². The molecule has 80 valence electrons. The number of aliphatic hydroxyl groups is 1. The first-order valence-corrected chi connectivity index (χ1v) is 5.40. The summed E-state index contributed by atoms with van der Waals surface area (Å²) in [6, 6.07) is 6.44. The summed E-state index contributed by atoms with van der Waals surface area (Å²) in [6.45, 7) is 2.51. The number of anilines is 1. The zero-order valence-corrected chi connectivity index (χ0v) is 8.62. The molecular formula is C12H15NO2. The zero-order valence-electron chi connectivity index (χ0n) is 8.62. The molecule has 0 bridgehead atoms. The molecule has 0 unspecified atom stereocenters. The van der Waals surface area contributed by atoms with Gasteiger partial charge in [0.25, 0.3) is 0 Å². The van der Waals surface area contributed by atoms with E-state index in [-0.39, 0.29) is 12.0 Å². The fraction of sp³-hybridized carbons (Fsp3) is 0.500. The third-order valence-electron chi connectivity index (χ3n) is 3.49. The SMILES string of the molecule is OCC1(c2ccc3c(c2)CCN3)COC1. The molecular weight excluding hydrogens is 190 g/mol. The van der Waals surface area contributed by atoms with Crippen LogP contribution in [0.4, 0.5) is 5.69 Å². The molecule has 2 heterocycles. The Kier molecular flexibility index (Phi) is 1.97. The van der Waals surface area contributed by atoms with Gasteiger partial charge in [0.05, 0.1) is 25.2 Å². The highest BCUT2D eigenvalue weighted by Gasteiger charge is 2.40. The van der Waals surface area contributed by atoms with E-state index in [0.29, 0.717) is 13.2 Å². The second-order valence-electron chi connectivity index (χ2n) is 4.48. The number of nitrogens with one attached hydrogen (secondary N) is 1. The molecule has 3 nitrogen and oxygen atoms in total. The van der Waals surface area contributed by atoms with Gasteiger partial charge in [0.15, 0.2) is 0 Å². The molecule has 1 fully saturated rings. The summed E-state index contributed by atoms with van der Waals surface area (Å²) in [5.41, 5.74) is 3.70. The molecule has 0 radical (unpaired) electrons. The smallest absolute Gasteiger partial charge is 0.0651 e. The second kappa shape index (κ2) is 3.22. The van der Waals surface area contributed by atoms with E-state index in [1.807, 2.05) is 0 Å². The van der Waals surface area contributed by atoms with Gasteiger partial charge in [0.1, 0.15) is 0 Å². The molecule has 3 heteroatoms. The van der Waals surface area contributed by atoms with Crippen molar-refractivity contribution >= 4 is 5.69 Å². The largest absolute Gasteiger partial charge is 0.395 e. The predicted molar refractivity (Wildman–Crippen MR) is 58.2 cm³/mol. The quantitative estimate of drug-likeness (QED) is 0.754. The molecule has 2 N–H and O–H groups in total. The van der Waals surface area contributed by atoms with Crippen molar-refractivity contribution in [2.24, 2.45) is 0 Å². The minimum atomic E-state index is -0.127. The van der Waals surface area contributed by atoms with Crippen LogP contribution in [0.2, 0.25) is 0 Å². The molecule has 0 atom stereocenters. The average molecular weight is 205 g/mol. The van der Waals surface area contributed by atoms with E-state index >= 15 is 0 Å². The minimum absolute atomic E-state index is 0.127. The van der Waals surface area contributed by atoms with Crippen LogP contribution < -0.4 is 5.32 Å². The fourth-order valence-electron chi connectivity index (χ4n) is 2.33.